The third-order valence-electron chi connectivity index (χ3n) is 3.81. The number of carbonyl (C=O) groups is 1. The van der Waals surface area contributed by atoms with E-state index in [9.17, 15) is 9.90 Å². The van der Waals surface area contributed by atoms with Gasteiger partial charge in [-0.15, -0.1) is 0 Å². The normalized spacial score (nSPS) is 14.1. The molecular weight excluding hydrogens is 262 g/mol. The van der Waals surface area contributed by atoms with Crippen LogP contribution in [0.5, 0.6) is 0 Å². The van der Waals surface area contributed by atoms with Gasteiger partial charge in [-0.1, -0.05) is 42.5 Å². The van der Waals surface area contributed by atoms with Crippen LogP contribution in [0, 0.1) is 0 Å². The number of hydrogen-bond donors (Lipinski definition) is 1. The average molecular weight is 279 g/mol. The van der Waals surface area contributed by atoms with Gasteiger partial charge in [0.25, 0.3) is 0 Å². The molecule has 0 spiro atoms. The molecule has 1 aliphatic carbocycles. The molecule has 3 nitrogen and oxygen atoms in total. The lowest BCUT2D eigenvalue weighted by atomic mass is 9.91. The van der Waals surface area contributed by atoms with Crippen molar-refractivity contribution in [3.8, 4) is 0 Å². The Hall–Kier alpha value is -2.42. The molecule has 0 aliphatic heterocycles. The number of carboxylic acid groups (broad SMARTS) is 1. The van der Waals surface area contributed by atoms with Crippen molar-refractivity contribution in [2.75, 3.05) is 0 Å². The number of aromatic nitrogens is 1. The molecule has 0 saturated heterocycles. The van der Waals surface area contributed by atoms with Gasteiger partial charge in [0.05, 0.1) is 0 Å². The van der Waals surface area contributed by atoms with Crippen LogP contribution < -0.4 is 0 Å². The summed E-state index contributed by atoms with van der Waals surface area (Å²) in [7, 11) is 0. The maximum Gasteiger partial charge on any atom is 0.354 e. The third-order valence-corrected chi connectivity index (χ3v) is 3.81. The molecule has 3 rings (SSSR count). The van der Waals surface area contributed by atoms with Crippen molar-refractivity contribution in [3.05, 3.63) is 64.5 Å². The Kier molecular flexibility index (Phi) is 3.82. The van der Waals surface area contributed by atoms with Crippen LogP contribution in [0.3, 0.4) is 0 Å². The highest BCUT2D eigenvalue weighted by Crippen LogP contribution is 2.25. The largest absolute Gasteiger partial charge is 0.477 e. The topological polar surface area (TPSA) is 50.2 Å². The SMILES string of the molecule is O=C(O)c1cc(C=Cc2ccccc2)c2c(n1)CCCC2. The minimum absolute atomic E-state index is 0.142. The first-order chi connectivity index (χ1) is 10.2. The predicted octanol–water partition coefficient (Wildman–Crippen LogP) is 3.83. The highest BCUT2D eigenvalue weighted by Gasteiger charge is 2.17. The van der Waals surface area contributed by atoms with Crippen LogP contribution in [0.1, 0.15) is 45.7 Å². The molecule has 0 bridgehead atoms. The summed E-state index contributed by atoms with van der Waals surface area (Å²) in [5.74, 6) is -0.960. The van der Waals surface area contributed by atoms with E-state index in [1.54, 1.807) is 6.07 Å². The number of aromatic carboxylic acids is 1. The second-order valence-corrected chi connectivity index (χ2v) is 5.28. The van der Waals surface area contributed by atoms with Gasteiger partial charge in [0.1, 0.15) is 5.69 Å². The van der Waals surface area contributed by atoms with Crippen LogP contribution in [0.4, 0.5) is 0 Å². The first-order valence-corrected chi connectivity index (χ1v) is 7.23. The van der Waals surface area contributed by atoms with Crippen molar-refractivity contribution in [2.24, 2.45) is 0 Å². The Labute approximate surface area is 124 Å². The van der Waals surface area contributed by atoms with Crippen LogP contribution in [0.15, 0.2) is 36.4 Å². The number of rotatable bonds is 3. The Balaban J connectivity index is 2.02. The van der Waals surface area contributed by atoms with Crippen LogP contribution in [-0.2, 0) is 12.8 Å². The lowest BCUT2D eigenvalue weighted by molar-refractivity contribution is 0.0690. The van der Waals surface area contributed by atoms with E-state index in [1.807, 2.05) is 42.5 Å². The molecule has 1 aromatic heterocycles. The van der Waals surface area contributed by atoms with Crippen LogP contribution in [0.2, 0.25) is 0 Å². The number of aryl methyl sites for hydroxylation is 1. The summed E-state index contributed by atoms with van der Waals surface area (Å²) in [5, 5.41) is 9.21. The van der Waals surface area contributed by atoms with Gasteiger partial charge in [-0.25, -0.2) is 9.78 Å². The minimum atomic E-state index is -0.960. The molecule has 0 amide bonds. The van der Waals surface area contributed by atoms with Gasteiger partial charge in [-0.3, -0.25) is 0 Å². The molecule has 2 aromatic rings. The highest BCUT2D eigenvalue weighted by atomic mass is 16.4. The maximum absolute atomic E-state index is 11.2. The molecule has 1 aromatic carbocycles. The molecule has 0 unspecified atom stereocenters. The molecule has 0 fully saturated rings. The quantitative estimate of drug-likeness (QED) is 0.929. The summed E-state index contributed by atoms with van der Waals surface area (Å²) in [6.07, 6.45) is 8.13. The van der Waals surface area contributed by atoms with Crippen molar-refractivity contribution in [1.29, 1.82) is 0 Å². The smallest absolute Gasteiger partial charge is 0.354 e. The summed E-state index contributed by atoms with van der Waals surface area (Å²) in [5.41, 5.74) is 4.40. The lowest BCUT2D eigenvalue weighted by Crippen LogP contribution is -2.12. The highest BCUT2D eigenvalue weighted by molar-refractivity contribution is 5.87. The number of fused-ring (bicyclic) bond motifs is 1. The lowest BCUT2D eigenvalue weighted by Gasteiger charge is -2.17. The number of pyridine rings is 1. The molecule has 106 valence electrons. The molecule has 21 heavy (non-hydrogen) atoms. The van der Waals surface area contributed by atoms with Gasteiger partial charge in [-0.2, -0.15) is 0 Å². The fraction of sp³-hybridized carbons (Fsp3) is 0.222. The Bertz CT molecular complexity index is 690. The van der Waals surface area contributed by atoms with Gasteiger partial charge in [0, 0.05) is 5.69 Å². The van der Waals surface area contributed by atoms with E-state index >= 15 is 0 Å². The first-order valence-electron chi connectivity index (χ1n) is 7.23. The van der Waals surface area contributed by atoms with Crippen LogP contribution >= 0.6 is 0 Å². The van der Waals surface area contributed by atoms with Gasteiger partial charge in [-0.05, 0) is 48.4 Å². The van der Waals surface area contributed by atoms with Crippen LogP contribution in [0.25, 0.3) is 12.2 Å². The molecule has 0 atom stereocenters. The minimum Gasteiger partial charge on any atom is -0.477 e. The molecule has 0 radical (unpaired) electrons. The fourth-order valence-corrected chi connectivity index (χ4v) is 2.74. The Morgan fingerprint density at radius 2 is 1.86 bits per heavy atom. The van der Waals surface area contributed by atoms with E-state index in [2.05, 4.69) is 4.98 Å². The van der Waals surface area contributed by atoms with E-state index in [-0.39, 0.29) is 5.69 Å². The van der Waals surface area contributed by atoms with E-state index in [0.717, 1.165) is 42.5 Å². The van der Waals surface area contributed by atoms with Crippen LogP contribution in [-0.4, -0.2) is 16.1 Å². The summed E-state index contributed by atoms with van der Waals surface area (Å²) in [6.45, 7) is 0. The second kappa shape index (κ2) is 5.92. The molecule has 3 heteroatoms. The van der Waals surface area contributed by atoms with Crippen molar-refractivity contribution >= 4 is 18.1 Å². The van der Waals surface area contributed by atoms with Crippen molar-refractivity contribution in [2.45, 2.75) is 25.7 Å². The summed E-state index contributed by atoms with van der Waals surface area (Å²) in [6, 6.07) is 11.7. The fourth-order valence-electron chi connectivity index (χ4n) is 2.74. The summed E-state index contributed by atoms with van der Waals surface area (Å²) < 4.78 is 0. The molecule has 0 saturated carbocycles. The van der Waals surface area contributed by atoms with Crippen molar-refractivity contribution in [3.63, 3.8) is 0 Å². The average Bonchev–Trinajstić information content (AvgIpc) is 2.53. The zero-order valence-corrected chi connectivity index (χ0v) is 11.7. The molecule has 1 heterocycles. The maximum atomic E-state index is 11.2. The molecule has 1 N–H and O–H groups in total. The van der Waals surface area contributed by atoms with Gasteiger partial charge >= 0.3 is 5.97 Å². The molecular formula is C18H17NO2. The summed E-state index contributed by atoms with van der Waals surface area (Å²) >= 11 is 0. The van der Waals surface area contributed by atoms with Crippen molar-refractivity contribution in [1.82, 2.24) is 4.98 Å². The number of hydrogen-bond acceptors (Lipinski definition) is 2. The van der Waals surface area contributed by atoms with Gasteiger partial charge in [0.2, 0.25) is 0 Å². The van der Waals surface area contributed by atoms with E-state index in [1.165, 1.54) is 5.56 Å². The van der Waals surface area contributed by atoms with Gasteiger partial charge in [0.15, 0.2) is 0 Å². The first kappa shape index (κ1) is 13.6. The van der Waals surface area contributed by atoms with Crippen molar-refractivity contribution < 1.29 is 9.90 Å². The molecule has 1 aliphatic rings. The predicted molar refractivity (Wildman–Crippen MR) is 83.2 cm³/mol. The standard InChI is InChI=1S/C18H17NO2/c20-18(21)17-12-14(11-10-13-6-2-1-3-7-13)15-8-4-5-9-16(15)19-17/h1-3,6-7,10-12H,4-5,8-9H2,(H,20,21). The Morgan fingerprint density at radius 1 is 1.10 bits per heavy atom. The van der Waals surface area contributed by atoms with E-state index in [0.29, 0.717) is 0 Å². The number of benzene rings is 1. The monoisotopic (exact) mass is 279 g/mol. The third kappa shape index (κ3) is 3.02. The van der Waals surface area contributed by atoms with Gasteiger partial charge < -0.3 is 5.11 Å². The second-order valence-electron chi connectivity index (χ2n) is 5.28. The summed E-state index contributed by atoms with van der Waals surface area (Å²) in [4.78, 5) is 15.5. The number of nitrogens with zero attached hydrogens (tertiary/aromatic N) is 1. The zero-order chi connectivity index (χ0) is 14.7. The van der Waals surface area contributed by atoms with E-state index in [4.69, 9.17) is 0 Å². The zero-order valence-electron chi connectivity index (χ0n) is 11.7. The van der Waals surface area contributed by atoms with E-state index < -0.39 is 5.97 Å². The number of carboxylic acids is 1. The Morgan fingerprint density at radius 3 is 2.62 bits per heavy atom.